The van der Waals surface area contributed by atoms with Crippen molar-refractivity contribution in [2.45, 2.75) is 80.1 Å². The molecule has 0 fully saturated rings. The van der Waals surface area contributed by atoms with Crippen LogP contribution in [-0.4, -0.2) is 48.5 Å². The van der Waals surface area contributed by atoms with Crippen molar-refractivity contribution in [1.82, 2.24) is 20.4 Å². The van der Waals surface area contributed by atoms with Crippen LogP contribution in [0.15, 0.2) is 71.1 Å². The van der Waals surface area contributed by atoms with E-state index < -0.39 is 0 Å². The van der Waals surface area contributed by atoms with Crippen molar-refractivity contribution in [2.24, 2.45) is 4.99 Å². The normalized spacial score (nSPS) is 19.4. The van der Waals surface area contributed by atoms with Gasteiger partial charge >= 0.3 is 0 Å². The summed E-state index contributed by atoms with van der Waals surface area (Å²) in [4.78, 5) is 8.97. The highest BCUT2D eigenvalue weighted by Gasteiger charge is 2.34. The lowest BCUT2D eigenvalue weighted by Gasteiger charge is -2.39. The summed E-state index contributed by atoms with van der Waals surface area (Å²) in [5.41, 5.74) is 7.56. The third kappa shape index (κ3) is 6.58. The number of halogens is 1. The molecular weight excluding hydrogens is 473 g/mol. The minimum Gasteiger partial charge on any atom is -0.368 e. The van der Waals surface area contributed by atoms with Crippen molar-refractivity contribution < 1.29 is 4.39 Å². The van der Waals surface area contributed by atoms with Gasteiger partial charge in [0.05, 0.1) is 17.8 Å². The fourth-order valence-electron chi connectivity index (χ4n) is 4.97. The van der Waals surface area contributed by atoms with E-state index in [1.54, 1.807) is 13.1 Å². The maximum atomic E-state index is 14.6. The standard InChI is InChI=1S/C28H36FN5.2C2H6/c1-17-12-13-24(26(29)14-17)28(30-6)31-18(2)19(3)34-15-22-10-8-9-11-23(22)25(16-34)27-20(4)33(7)21(5)32-27;2*1-2/h8-14,18,21,25,32H,3,15-16H2,1-2,4-7H3,(H,30,31);2*1-2H3. The fraction of sp³-hybridized carbons (Fsp3) is 0.469. The summed E-state index contributed by atoms with van der Waals surface area (Å²) in [6, 6.07) is 13.8. The predicted molar refractivity (Wildman–Crippen MR) is 161 cm³/mol. The van der Waals surface area contributed by atoms with Crippen molar-refractivity contribution in [3.63, 3.8) is 0 Å². The Bertz CT molecular complexity index is 1150. The maximum Gasteiger partial charge on any atom is 0.134 e. The van der Waals surface area contributed by atoms with E-state index in [1.807, 2.05) is 40.7 Å². The second-order valence-electron chi connectivity index (χ2n) is 9.48. The second-order valence-corrected chi connectivity index (χ2v) is 9.48. The average Bonchev–Trinajstić information content (AvgIpc) is 3.20. The third-order valence-corrected chi connectivity index (χ3v) is 7.27. The smallest absolute Gasteiger partial charge is 0.134 e. The van der Waals surface area contributed by atoms with E-state index in [4.69, 9.17) is 0 Å². The molecular formula is C32H48FN5. The van der Waals surface area contributed by atoms with E-state index in [0.29, 0.717) is 11.4 Å². The van der Waals surface area contributed by atoms with Crippen LogP contribution in [0.4, 0.5) is 4.39 Å². The van der Waals surface area contributed by atoms with Gasteiger partial charge in [-0.15, -0.1) is 0 Å². The molecule has 3 atom stereocenters. The number of aryl methyl sites for hydroxylation is 1. The fourth-order valence-corrected chi connectivity index (χ4v) is 4.97. The van der Waals surface area contributed by atoms with Crippen LogP contribution in [0.3, 0.4) is 0 Å². The van der Waals surface area contributed by atoms with Crippen LogP contribution in [0, 0.1) is 12.7 Å². The molecule has 0 spiro atoms. The van der Waals surface area contributed by atoms with Crippen molar-refractivity contribution in [3.05, 3.63) is 94.2 Å². The largest absolute Gasteiger partial charge is 0.368 e. The molecule has 0 aromatic heterocycles. The number of nitrogens with zero attached hydrogens (tertiary/aromatic N) is 3. The summed E-state index contributed by atoms with van der Waals surface area (Å²) < 4.78 is 14.6. The molecule has 2 aliphatic heterocycles. The number of hydrogen-bond acceptors (Lipinski definition) is 4. The first kappa shape index (κ1) is 30.9. The first-order valence-electron chi connectivity index (χ1n) is 13.9. The molecule has 0 saturated carbocycles. The highest BCUT2D eigenvalue weighted by molar-refractivity contribution is 5.99. The van der Waals surface area contributed by atoms with Crippen LogP contribution in [0.1, 0.15) is 76.6 Å². The van der Waals surface area contributed by atoms with Gasteiger partial charge in [-0.2, -0.15) is 0 Å². The molecule has 2 aromatic rings. The molecule has 2 heterocycles. The van der Waals surface area contributed by atoms with Crippen molar-refractivity contribution in [2.75, 3.05) is 20.6 Å². The van der Waals surface area contributed by atoms with Gasteiger partial charge in [0.2, 0.25) is 0 Å². The van der Waals surface area contributed by atoms with Crippen LogP contribution in [-0.2, 0) is 6.54 Å². The molecule has 0 amide bonds. The van der Waals surface area contributed by atoms with E-state index in [0.717, 1.165) is 24.4 Å². The Morgan fingerprint density at radius 2 is 1.79 bits per heavy atom. The molecule has 2 N–H and O–H groups in total. The molecule has 208 valence electrons. The number of nitrogens with one attached hydrogen (secondary N) is 2. The predicted octanol–water partition coefficient (Wildman–Crippen LogP) is 6.77. The Balaban J connectivity index is 0.00000121. The Hall–Kier alpha value is -3.28. The lowest BCUT2D eigenvalue weighted by molar-refractivity contribution is 0.280. The van der Waals surface area contributed by atoms with Crippen LogP contribution in [0.2, 0.25) is 0 Å². The lowest BCUT2D eigenvalue weighted by Crippen LogP contribution is -2.44. The Morgan fingerprint density at radius 3 is 2.37 bits per heavy atom. The van der Waals surface area contributed by atoms with Gasteiger partial charge < -0.3 is 20.4 Å². The quantitative estimate of drug-likeness (QED) is 0.337. The van der Waals surface area contributed by atoms with Crippen LogP contribution >= 0.6 is 0 Å². The second kappa shape index (κ2) is 14.0. The number of benzene rings is 2. The maximum absolute atomic E-state index is 14.6. The molecule has 0 bridgehead atoms. The van der Waals surface area contributed by atoms with E-state index >= 15 is 0 Å². The minimum atomic E-state index is -0.272. The molecule has 6 heteroatoms. The van der Waals surface area contributed by atoms with Gasteiger partial charge in [-0.1, -0.05) is 64.6 Å². The van der Waals surface area contributed by atoms with Gasteiger partial charge in [0.1, 0.15) is 11.7 Å². The minimum absolute atomic E-state index is 0.112. The van der Waals surface area contributed by atoms with Crippen LogP contribution < -0.4 is 10.6 Å². The SMILES string of the molecule is C=C(C(C)NC(=NC)c1ccc(C)cc1F)N1Cc2ccccc2C(C2=C(C)N(C)C(C)N2)C1.CC.CC. The summed E-state index contributed by atoms with van der Waals surface area (Å²) in [7, 11) is 3.82. The number of amidine groups is 1. The number of allylic oxidation sites excluding steroid dienone is 1. The van der Waals surface area contributed by atoms with Gasteiger partial charge in [-0.3, -0.25) is 4.99 Å². The molecule has 0 saturated heterocycles. The molecule has 4 rings (SSSR count). The Kier molecular flexibility index (Phi) is 11.4. The van der Waals surface area contributed by atoms with Gasteiger partial charge in [0.25, 0.3) is 0 Å². The van der Waals surface area contributed by atoms with Gasteiger partial charge in [0.15, 0.2) is 0 Å². The molecule has 0 radical (unpaired) electrons. The Morgan fingerprint density at radius 1 is 1.13 bits per heavy atom. The van der Waals surface area contributed by atoms with E-state index in [2.05, 4.69) is 84.1 Å². The number of rotatable bonds is 5. The van der Waals surface area contributed by atoms with Gasteiger partial charge in [-0.25, -0.2) is 4.39 Å². The number of hydrogen-bond donors (Lipinski definition) is 2. The molecule has 0 aliphatic carbocycles. The molecule has 2 aromatic carbocycles. The molecule has 2 aliphatic rings. The highest BCUT2D eigenvalue weighted by Crippen LogP contribution is 2.38. The van der Waals surface area contributed by atoms with E-state index in [9.17, 15) is 4.39 Å². The van der Waals surface area contributed by atoms with Crippen molar-refractivity contribution >= 4 is 5.84 Å². The summed E-state index contributed by atoms with van der Waals surface area (Å²) in [5.74, 6) is 0.493. The topological polar surface area (TPSA) is 42.9 Å². The van der Waals surface area contributed by atoms with E-state index in [-0.39, 0.29) is 23.9 Å². The zero-order valence-electron chi connectivity index (χ0n) is 25.1. The average molecular weight is 522 g/mol. The first-order chi connectivity index (χ1) is 18.2. The van der Waals surface area contributed by atoms with Gasteiger partial charge in [-0.05, 0) is 56.5 Å². The molecule has 3 unspecified atom stereocenters. The zero-order chi connectivity index (χ0) is 28.6. The summed E-state index contributed by atoms with van der Waals surface area (Å²) in [6.45, 7) is 22.4. The molecule has 38 heavy (non-hydrogen) atoms. The molecule has 5 nitrogen and oxygen atoms in total. The third-order valence-electron chi connectivity index (χ3n) is 7.27. The van der Waals surface area contributed by atoms with Gasteiger partial charge in [0, 0.05) is 50.2 Å². The lowest BCUT2D eigenvalue weighted by atomic mass is 9.86. The summed E-state index contributed by atoms with van der Waals surface area (Å²) in [5, 5.41) is 7.10. The zero-order valence-corrected chi connectivity index (χ0v) is 25.1. The van der Waals surface area contributed by atoms with Crippen LogP contribution in [0.5, 0.6) is 0 Å². The van der Waals surface area contributed by atoms with Crippen molar-refractivity contribution in [1.29, 1.82) is 0 Å². The van der Waals surface area contributed by atoms with Crippen LogP contribution in [0.25, 0.3) is 0 Å². The Labute approximate surface area is 230 Å². The first-order valence-corrected chi connectivity index (χ1v) is 13.9. The summed E-state index contributed by atoms with van der Waals surface area (Å²) in [6.07, 6.45) is 0.272. The monoisotopic (exact) mass is 521 g/mol. The number of aliphatic imine (C=N–C) groups is 1. The highest BCUT2D eigenvalue weighted by atomic mass is 19.1. The van der Waals surface area contributed by atoms with Crippen molar-refractivity contribution in [3.8, 4) is 0 Å². The van der Waals surface area contributed by atoms with E-state index in [1.165, 1.54) is 28.6 Å². The number of fused-ring (bicyclic) bond motifs is 1. The summed E-state index contributed by atoms with van der Waals surface area (Å²) >= 11 is 0.